The van der Waals surface area contributed by atoms with Crippen molar-refractivity contribution in [2.75, 3.05) is 20.1 Å². The first-order valence-electron chi connectivity index (χ1n) is 8.11. The number of hydrogen-bond donors (Lipinski definition) is 4. The number of hydrogen-bond acceptors (Lipinski definition) is 4. The molecule has 0 spiro atoms. The van der Waals surface area contributed by atoms with Gasteiger partial charge < -0.3 is 21.1 Å². The fourth-order valence-electron chi connectivity index (χ4n) is 2.41. The Labute approximate surface area is 155 Å². The first-order chi connectivity index (χ1) is 12.9. The summed E-state index contributed by atoms with van der Waals surface area (Å²) < 4.78 is 0. The molecule has 0 aliphatic heterocycles. The summed E-state index contributed by atoms with van der Waals surface area (Å²) in [5, 5.41) is 16.6. The van der Waals surface area contributed by atoms with Gasteiger partial charge in [-0.3, -0.25) is 14.4 Å². The number of likely N-dealkylation sites (N-methyl/N-ethyl adjacent to an activating group) is 1. The second-order valence-electron chi connectivity index (χ2n) is 5.53. The molecule has 2 rings (SSSR count). The zero-order valence-corrected chi connectivity index (χ0v) is 14.6. The van der Waals surface area contributed by atoms with Gasteiger partial charge in [0.25, 0.3) is 5.91 Å². The van der Waals surface area contributed by atoms with Gasteiger partial charge in [0.1, 0.15) is 0 Å². The second kappa shape index (κ2) is 9.14. The Morgan fingerprint density at radius 2 is 1.30 bits per heavy atom. The van der Waals surface area contributed by atoms with Crippen molar-refractivity contribution in [3.05, 3.63) is 59.7 Å². The smallest absolute Gasteiger partial charge is 0.336 e. The lowest BCUT2D eigenvalue weighted by Gasteiger charge is -2.12. The van der Waals surface area contributed by atoms with Crippen LogP contribution < -0.4 is 16.0 Å². The molecule has 140 valence electrons. The molecule has 0 bridgehead atoms. The van der Waals surface area contributed by atoms with Crippen molar-refractivity contribution in [2.45, 2.75) is 0 Å². The Balaban J connectivity index is 2.16. The van der Waals surface area contributed by atoms with E-state index >= 15 is 0 Å². The van der Waals surface area contributed by atoms with E-state index in [2.05, 4.69) is 16.0 Å². The summed E-state index contributed by atoms with van der Waals surface area (Å²) in [6.45, 7) is -0.501. The molecule has 0 heterocycles. The van der Waals surface area contributed by atoms with Crippen LogP contribution in [-0.4, -0.2) is 48.9 Å². The average Bonchev–Trinajstić information content (AvgIpc) is 2.70. The van der Waals surface area contributed by atoms with Crippen LogP contribution in [0.3, 0.4) is 0 Å². The number of aromatic carboxylic acids is 1. The lowest BCUT2D eigenvalue weighted by Crippen LogP contribution is -2.41. The number of nitrogens with one attached hydrogen (secondary N) is 3. The van der Waals surface area contributed by atoms with E-state index in [1.165, 1.54) is 13.1 Å². The highest BCUT2D eigenvalue weighted by molar-refractivity contribution is 6.05. The largest absolute Gasteiger partial charge is 0.478 e. The van der Waals surface area contributed by atoms with Crippen molar-refractivity contribution >= 4 is 23.7 Å². The lowest BCUT2D eigenvalue weighted by molar-refractivity contribution is -0.125. The Bertz CT molecular complexity index is 879. The highest BCUT2D eigenvalue weighted by Crippen LogP contribution is 2.27. The molecule has 2 aromatic rings. The van der Waals surface area contributed by atoms with Crippen LogP contribution in [0.15, 0.2) is 48.5 Å². The average molecular weight is 369 g/mol. The number of carbonyl (C=O) groups excluding carboxylic acids is 3. The Kier molecular flexibility index (Phi) is 6.65. The highest BCUT2D eigenvalue weighted by Gasteiger charge is 2.17. The molecule has 0 aliphatic rings. The quantitative estimate of drug-likeness (QED) is 0.570. The molecule has 27 heavy (non-hydrogen) atoms. The molecule has 0 fully saturated rings. The Hall–Kier alpha value is -3.68. The van der Waals surface area contributed by atoms with E-state index in [0.717, 1.165) is 0 Å². The van der Waals surface area contributed by atoms with E-state index < -0.39 is 17.8 Å². The van der Waals surface area contributed by atoms with Crippen LogP contribution in [0.4, 0.5) is 0 Å². The monoisotopic (exact) mass is 369 g/mol. The molecule has 2 aromatic carbocycles. The summed E-state index contributed by atoms with van der Waals surface area (Å²) in [6, 6.07) is 12.9. The fraction of sp³-hybridized carbons (Fsp3) is 0.158. The summed E-state index contributed by atoms with van der Waals surface area (Å²) in [7, 11) is 1.45. The summed E-state index contributed by atoms with van der Waals surface area (Å²) in [5.74, 6) is -2.50. The van der Waals surface area contributed by atoms with Crippen molar-refractivity contribution in [3.63, 3.8) is 0 Å². The van der Waals surface area contributed by atoms with Gasteiger partial charge >= 0.3 is 5.97 Å². The third-order valence-electron chi connectivity index (χ3n) is 3.75. The molecule has 0 saturated heterocycles. The molecule has 4 N–H and O–H groups in total. The number of benzene rings is 2. The number of rotatable bonds is 7. The van der Waals surface area contributed by atoms with Crippen molar-refractivity contribution in [2.24, 2.45) is 0 Å². The van der Waals surface area contributed by atoms with Crippen LogP contribution in [0.5, 0.6) is 0 Å². The van der Waals surface area contributed by atoms with E-state index in [9.17, 15) is 24.3 Å². The fourth-order valence-corrected chi connectivity index (χ4v) is 2.41. The maximum Gasteiger partial charge on any atom is 0.336 e. The maximum atomic E-state index is 12.5. The van der Waals surface area contributed by atoms with Crippen molar-refractivity contribution < 1.29 is 24.3 Å². The van der Waals surface area contributed by atoms with E-state index in [1.54, 1.807) is 42.5 Å². The van der Waals surface area contributed by atoms with E-state index in [4.69, 9.17) is 0 Å². The summed E-state index contributed by atoms with van der Waals surface area (Å²) in [6.07, 6.45) is 0. The molecule has 8 heteroatoms. The minimum atomic E-state index is -1.10. The molecule has 0 aromatic heterocycles. The maximum absolute atomic E-state index is 12.5. The number of amides is 3. The topological polar surface area (TPSA) is 125 Å². The van der Waals surface area contributed by atoms with Crippen LogP contribution in [-0.2, 0) is 9.59 Å². The summed E-state index contributed by atoms with van der Waals surface area (Å²) >= 11 is 0. The molecule has 0 aliphatic carbocycles. The summed E-state index contributed by atoms with van der Waals surface area (Å²) in [5.41, 5.74) is 1.16. The number of carbonyl (C=O) groups is 4. The van der Waals surface area contributed by atoms with Crippen LogP contribution in [0.2, 0.25) is 0 Å². The molecule has 0 atom stereocenters. The molecule has 0 unspecified atom stereocenters. The zero-order valence-electron chi connectivity index (χ0n) is 14.6. The normalized spacial score (nSPS) is 9.96. The van der Waals surface area contributed by atoms with Crippen molar-refractivity contribution in [3.8, 4) is 11.1 Å². The molecule has 3 amide bonds. The van der Waals surface area contributed by atoms with Crippen molar-refractivity contribution in [1.29, 1.82) is 0 Å². The van der Waals surface area contributed by atoms with Gasteiger partial charge in [-0.1, -0.05) is 36.4 Å². The van der Waals surface area contributed by atoms with E-state index in [0.29, 0.717) is 11.1 Å². The van der Waals surface area contributed by atoms with Gasteiger partial charge in [-0.05, 0) is 23.3 Å². The van der Waals surface area contributed by atoms with Crippen LogP contribution in [0.1, 0.15) is 20.7 Å². The van der Waals surface area contributed by atoms with Crippen molar-refractivity contribution in [1.82, 2.24) is 16.0 Å². The van der Waals surface area contributed by atoms with Gasteiger partial charge in [0.05, 0.1) is 18.7 Å². The van der Waals surface area contributed by atoms with E-state index in [-0.39, 0.29) is 30.1 Å². The molecule has 0 saturated carbocycles. The van der Waals surface area contributed by atoms with Crippen LogP contribution in [0.25, 0.3) is 11.1 Å². The molecular formula is C19H19N3O5. The number of carboxylic acid groups (broad SMARTS) is 1. The second-order valence-corrected chi connectivity index (χ2v) is 5.53. The Morgan fingerprint density at radius 1 is 0.778 bits per heavy atom. The minimum Gasteiger partial charge on any atom is -0.478 e. The summed E-state index contributed by atoms with van der Waals surface area (Å²) in [4.78, 5) is 46.8. The lowest BCUT2D eigenvalue weighted by atomic mass is 9.95. The first kappa shape index (κ1) is 19.6. The van der Waals surface area contributed by atoms with Gasteiger partial charge in [-0.25, -0.2) is 4.79 Å². The van der Waals surface area contributed by atoms with Crippen LogP contribution >= 0.6 is 0 Å². The van der Waals surface area contributed by atoms with Gasteiger partial charge in [0.15, 0.2) is 0 Å². The minimum absolute atomic E-state index is 0.0704. The predicted octanol–water partition coefficient (Wildman–Crippen LogP) is 0.644. The third kappa shape index (κ3) is 5.15. The molecule has 8 nitrogen and oxygen atoms in total. The van der Waals surface area contributed by atoms with Crippen LogP contribution in [0, 0.1) is 0 Å². The van der Waals surface area contributed by atoms with Gasteiger partial charge in [0.2, 0.25) is 11.8 Å². The van der Waals surface area contributed by atoms with Gasteiger partial charge in [-0.15, -0.1) is 0 Å². The number of carboxylic acids is 1. The predicted molar refractivity (Wildman–Crippen MR) is 98.2 cm³/mol. The van der Waals surface area contributed by atoms with Gasteiger partial charge in [0, 0.05) is 12.6 Å². The Morgan fingerprint density at radius 3 is 1.89 bits per heavy atom. The van der Waals surface area contributed by atoms with E-state index in [1.807, 2.05) is 0 Å². The standard InChI is InChI=1S/C19H19N3O5/c1-20-16(23)10-21-17(24)11-22-18(25)14-8-4-2-6-12(14)13-7-3-5-9-15(13)19(26)27/h2-9H,10-11H2,1H3,(H,20,23)(H,21,24)(H,22,25)(H,26,27). The molecular weight excluding hydrogens is 350 g/mol. The molecule has 0 radical (unpaired) electrons. The first-order valence-corrected chi connectivity index (χ1v) is 8.11. The SMILES string of the molecule is CNC(=O)CNC(=O)CNC(=O)c1ccccc1-c1ccccc1C(=O)O. The third-order valence-corrected chi connectivity index (χ3v) is 3.75. The highest BCUT2D eigenvalue weighted by atomic mass is 16.4. The van der Waals surface area contributed by atoms with Gasteiger partial charge in [-0.2, -0.15) is 0 Å². The zero-order chi connectivity index (χ0) is 19.8.